The molecule has 1 heterocycles. The molecule has 3 N–H and O–H groups in total. The van der Waals surface area contributed by atoms with Gasteiger partial charge in [-0.1, -0.05) is 18.2 Å². The highest BCUT2D eigenvalue weighted by molar-refractivity contribution is 9.10. The van der Waals surface area contributed by atoms with Crippen LogP contribution in [0.3, 0.4) is 0 Å². The fourth-order valence-corrected chi connectivity index (χ4v) is 5.40. The molecule has 0 saturated carbocycles. The van der Waals surface area contributed by atoms with Crippen LogP contribution in [0.5, 0.6) is 17.2 Å². The van der Waals surface area contributed by atoms with E-state index in [2.05, 4.69) is 37.1 Å². The Morgan fingerprint density at radius 3 is 2.37 bits per heavy atom. The van der Waals surface area contributed by atoms with Crippen molar-refractivity contribution < 1.29 is 47.8 Å². The number of urea groups is 1. The van der Waals surface area contributed by atoms with Crippen LogP contribution in [0.15, 0.2) is 75.4 Å². The van der Waals surface area contributed by atoms with Crippen LogP contribution in [0.1, 0.15) is 53.9 Å². The standard InChI is InChI=1S/C34H34BrN5O11/c1-5-48-32(42)22-9-7-20(8-10-22)17-51-31-24(35)13-21(14-25(31)40(45)46)16-36-39-28(41)18-50-26-12-11-23(15-27(26)47-4)30-29(33(43)49-6-2)19(3)37-34(44)38-30/h7-16,30H,5-6,17-18H2,1-4H3,(H,39,41)(H2,37,38,44)/b36-16+/t30-/m1/s1. The van der Waals surface area contributed by atoms with Crippen molar-refractivity contribution >= 4 is 51.7 Å². The maximum Gasteiger partial charge on any atom is 0.338 e. The number of halogens is 1. The van der Waals surface area contributed by atoms with Crippen molar-refractivity contribution in [3.63, 3.8) is 0 Å². The molecule has 3 aromatic carbocycles. The molecule has 16 nitrogen and oxygen atoms in total. The maximum atomic E-state index is 12.6. The van der Waals surface area contributed by atoms with Gasteiger partial charge in [0.15, 0.2) is 18.1 Å². The van der Waals surface area contributed by atoms with Crippen molar-refractivity contribution in [3.05, 3.63) is 103 Å². The van der Waals surface area contributed by atoms with Crippen molar-refractivity contribution in [2.45, 2.75) is 33.4 Å². The van der Waals surface area contributed by atoms with Gasteiger partial charge in [-0.2, -0.15) is 5.10 Å². The van der Waals surface area contributed by atoms with Crippen LogP contribution < -0.4 is 30.3 Å². The van der Waals surface area contributed by atoms with Gasteiger partial charge in [-0.15, -0.1) is 0 Å². The molecule has 1 aliphatic heterocycles. The third-order valence-corrected chi connectivity index (χ3v) is 7.73. The number of amides is 3. The molecule has 1 atom stereocenters. The molecule has 51 heavy (non-hydrogen) atoms. The molecule has 0 fully saturated rings. The second-order valence-corrected chi connectivity index (χ2v) is 11.5. The summed E-state index contributed by atoms with van der Waals surface area (Å²) in [4.78, 5) is 60.4. The molecule has 0 aromatic heterocycles. The van der Waals surface area contributed by atoms with E-state index in [9.17, 15) is 29.3 Å². The molecular weight excluding hydrogens is 734 g/mol. The van der Waals surface area contributed by atoms with Gasteiger partial charge in [-0.3, -0.25) is 14.9 Å². The van der Waals surface area contributed by atoms with Gasteiger partial charge >= 0.3 is 23.7 Å². The number of nitrogens with zero attached hydrogens (tertiary/aromatic N) is 2. The molecule has 0 spiro atoms. The molecule has 0 bridgehead atoms. The molecule has 0 unspecified atom stereocenters. The van der Waals surface area contributed by atoms with Crippen LogP contribution in [0.4, 0.5) is 10.5 Å². The van der Waals surface area contributed by atoms with Crippen molar-refractivity contribution in [1.29, 1.82) is 0 Å². The number of hydrogen-bond acceptors (Lipinski definition) is 12. The van der Waals surface area contributed by atoms with E-state index in [0.717, 1.165) is 0 Å². The second-order valence-electron chi connectivity index (χ2n) is 10.6. The summed E-state index contributed by atoms with van der Waals surface area (Å²) in [6.07, 6.45) is 1.22. The van der Waals surface area contributed by atoms with E-state index >= 15 is 0 Å². The molecule has 0 saturated heterocycles. The highest BCUT2D eigenvalue weighted by atomic mass is 79.9. The highest BCUT2D eigenvalue weighted by Gasteiger charge is 2.32. The third kappa shape index (κ3) is 9.81. The number of carbonyl (C=O) groups is 4. The highest BCUT2D eigenvalue weighted by Crippen LogP contribution is 2.37. The Morgan fingerprint density at radius 2 is 1.71 bits per heavy atom. The second kappa shape index (κ2) is 17.6. The minimum atomic E-state index is -0.827. The van der Waals surface area contributed by atoms with Crippen LogP contribution in [-0.2, 0) is 25.7 Å². The Labute approximate surface area is 300 Å². The Balaban J connectivity index is 1.38. The third-order valence-electron chi connectivity index (χ3n) is 7.14. The van der Waals surface area contributed by atoms with Gasteiger partial charge in [0.1, 0.15) is 6.61 Å². The summed E-state index contributed by atoms with van der Waals surface area (Å²) in [5.41, 5.74) is 4.35. The van der Waals surface area contributed by atoms with Gasteiger partial charge in [0.25, 0.3) is 5.91 Å². The van der Waals surface area contributed by atoms with Crippen molar-refractivity contribution in [1.82, 2.24) is 16.1 Å². The summed E-state index contributed by atoms with van der Waals surface area (Å²) >= 11 is 3.31. The first kappa shape index (κ1) is 37.8. The van der Waals surface area contributed by atoms with E-state index in [0.29, 0.717) is 22.4 Å². The molecule has 0 aliphatic carbocycles. The van der Waals surface area contributed by atoms with Crippen molar-refractivity contribution in [2.75, 3.05) is 26.9 Å². The summed E-state index contributed by atoms with van der Waals surface area (Å²) < 4.78 is 27.2. The Hall–Kier alpha value is -5.97. The zero-order valence-electron chi connectivity index (χ0n) is 27.9. The molecule has 0 radical (unpaired) electrons. The number of nitro groups is 1. The number of hydrazone groups is 1. The number of nitro benzene ring substituents is 1. The Bertz CT molecular complexity index is 1880. The minimum Gasteiger partial charge on any atom is -0.493 e. The Kier molecular flexibility index (Phi) is 13.1. The van der Waals surface area contributed by atoms with E-state index in [1.165, 1.54) is 31.5 Å². The normalized spacial score (nSPS) is 13.9. The lowest BCUT2D eigenvalue weighted by molar-refractivity contribution is -0.386. The van der Waals surface area contributed by atoms with Gasteiger partial charge in [0.05, 0.1) is 53.1 Å². The van der Waals surface area contributed by atoms with E-state index in [4.69, 9.17) is 23.7 Å². The fraction of sp³-hybridized carbons (Fsp3) is 0.265. The van der Waals surface area contributed by atoms with Gasteiger partial charge in [-0.25, -0.2) is 19.8 Å². The number of allylic oxidation sites excluding steroid dienone is 1. The first-order valence-corrected chi connectivity index (χ1v) is 16.2. The molecule has 3 aromatic rings. The van der Waals surface area contributed by atoms with E-state index in [-0.39, 0.29) is 58.4 Å². The van der Waals surface area contributed by atoms with Crippen LogP contribution in [0.25, 0.3) is 0 Å². The lowest BCUT2D eigenvalue weighted by Gasteiger charge is -2.28. The predicted molar refractivity (Wildman–Crippen MR) is 185 cm³/mol. The number of esters is 2. The average Bonchev–Trinajstić information content (AvgIpc) is 3.10. The van der Waals surface area contributed by atoms with E-state index in [1.807, 2.05) is 0 Å². The smallest absolute Gasteiger partial charge is 0.338 e. The number of rotatable bonds is 15. The number of benzene rings is 3. The zero-order chi connectivity index (χ0) is 37.1. The number of hydrogen-bond donors (Lipinski definition) is 3. The number of carbonyl (C=O) groups excluding carboxylic acids is 4. The molecule has 268 valence electrons. The maximum absolute atomic E-state index is 12.6. The summed E-state index contributed by atoms with van der Waals surface area (Å²) in [5, 5.41) is 21.0. The van der Waals surface area contributed by atoms with Gasteiger partial charge in [0, 0.05) is 17.3 Å². The van der Waals surface area contributed by atoms with E-state index < -0.39 is 41.4 Å². The lowest BCUT2D eigenvalue weighted by atomic mass is 9.95. The van der Waals surface area contributed by atoms with Crippen LogP contribution in [0.2, 0.25) is 0 Å². The van der Waals surface area contributed by atoms with Gasteiger partial charge in [0.2, 0.25) is 5.75 Å². The van der Waals surface area contributed by atoms with Crippen LogP contribution in [-0.4, -0.2) is 61.9 Å². The zero-order valence-corrected chi connectivity index (χ0v) is 29.5. The van der Waals surface area contributed by atoms with Crippen molar-refractivity contribution in [3.8, 4) is 17.2 Å². The molecule has 3 amide bonds. The number of methoxy groups -OCH3 is 1. The lowest BCUT2D eigenvalue weighted by Crippen LogP contribution is -2.45. The molecular formula is C34H34BrN5O11. The van der Waals surface area contributed by atoms with Crippen molar-refractivity contribution in [2.24, 2.45) is 5.10 Å². The average molecular weight is 769 g/mol. The van der Waals surface area contributed by atoms with Gasteiger partial charge in [-0.05, 0) is 78.2 Å². The first-order valence-electron chi connectivity index (χ1n) is 15.4. The summed E-state index contributed by atoms with van der Waals surface area (Å²) in [5.74, 6) is -1.29. The van der Waals surface area contributed by atoms with Crippen LogP contribution in [0, 0.1) is 10.1 Å². The molecule has 17 heteroatoms. The molecule has 1 aliphatic rings. The first-order chi connectivity index (χ1) is 24.4. The van der Waals surface area contributed by atoms with Crippen LogP contribution >= 0.6 is 15.9 Å². The summed E-state index contributed by atoms with van der Waals surface area (Å²) in [7, 11) is 1.39. The largest absolute Gasteiger partial charge is 0.493 e. The monoisotopic (exact) mass is 767 g/mol. The van der Waals surface area contributed by atoms with E-state index in [1.54, 1.807) is 57.2 Å². The topological polar surface area (TPSA) is 206 Å². The SMILES string of the molecule is CCOC(=O)C1=C(C)NC(=O)N[C@@H]1c1ccc(OCC(=O)N/N=C/c2cc(Br)c(OCc3ccc(C(=O)OCC)cc3)c([N+](=O)[O-])c2)c(OC)c1. The summed E-state index contributed by atoms with van der Waals surface area (Å²) in [6, 6.07) is 12.6. The number of ether oxygens (including phenoxy) is 5. The fourth-order valence-electron chi connectivity index (χ4n) is 4.82. The summed E-state index contributed by atoms with van der Waals surface area (Å²) in [6.45, 7) is 4.89. The quantitative estimate of drug-likeness (QED) is 0.0826. The predicted octanol–water partition coefficient (Wildman–Crippen LogP) is 4.84. The van der Waals surface area contributed by atoms with Gasteiger partial charge < -0.3 is 34.3 Å². The Morgan fingerprint density at radius 1 is 1.00 bits per heavy atom. The number of nitrogens with one attached hydrogen (secondary N) is 3. The minimum absolute atomic E-state index is 0.0144. The molecule has 4 rings (SSSR count).